The van der Waals surface area contributed by atoms with Gasteiger partial charge in [0.25, 0.3) is 0 Å². The van der Waals surface area contributed by atoms with Gasteiger partial charge < -0.3 is 14.2 Å². The highest BCUT2D eigenvalue weighted by molar-refractivity contribution is 7.92. The fourth-order valence-electron chi connectivity index (χ4n) is 3.35. The van der Waals surface area contributed by atoms with Gasteiger partial charge in [0.2, 0.25) is 0 Å². The molecule has 0 aliphatic carbocycles. The molecule has 0 bridgehead atoms. The number of carbonyl (C=O) groups is 1. The topological polar surface area (TPSA) is 78.9 Å². The molecule has 0 fully saturated rings. The maximum Gasteiger partial charge on any atom is 0.303 e. The summed E-state index contributed by atoms with van der Waals surface area (Å²) in [4.78, 5) is 12.0. The lowest BCUT2D eigenvalue weighted by atomic mass is 10.2. The minimum atomic E-state index is -3.88. The third-order valence-corrected chi connectivity index (χ3v) is 7.16. The number of rotatable bonds is 12. The quantitative estimate of drug-likeness (QED) is 0.371. The Morgan fingerprint density at radius 3 is 1.67 bits per heavy atom. The molecule has 0 N–H and O–H groups in total. The number of carbonyl (C=O) groups excluding carboxylic acids is 1. The van der Waals surface area contributed by atoms with E-state index in [1.54, 1.807) is 18.2 Å². The van der Waals surface area contributed by atoms with Crippen molar-refractivity contribution in [2.75, 3.05) is 13.2 Å². The summed E-state index contributed by atoms with van der Waals surface area (Å²) < 4.78 is 44.0. The Morgan fingerprint density at radius 2 is 1.18 bits per heavy atom. The zero-order valence-electron chi connectivity index (χ0n) is 18.5. The van der Waals surface area contributed by atoms with E-state index in [4.69, 9.17) is 14.2 Å². The molecule has 0 saturated heterocycles. The Morgan fingerprint density at radius 1 is 0.727 bits per heavy atom. The number of benzene rings is 3. The Hall–Kier alpha value is -3.00. The molecule has 0 aromatic heterocycles. The summed E-state index contributed by atoms with van der Waals surface area (Å²) in [6.45, 7) is 1.51. The summed E-state index contributed by atoms with van der Waals surface area (Å²) in [6, 6.07) is 27.0. The molecule has 0 unspecified atom stereocenters. The van der Waals surface area contributed by atoms with Crippen LogP contribution in [0.5, 0.6) is 0 Å². The molecule has 174 valence electrons. The summed E-state index contributed by atoms with van der Waals surface area (Å²) in [5.74, 6) is -0.584. The molecular weight excluding hydrogens is 440 g/mol. The second-order valence-electron chi connectivity index (χ2n) is 7.55. The molecule has 7 heteroatoms. The van der Waals surface area contributed by atoms with Gasteiger partial charge in [-0.2, -0.15) is 0 Å². The van der Waals surface area contributed by atoms with Crippen LogP contribution in [0.2, 0.25) is 0 Å². The normalized spacial score (nSPS) is 13.2. The number of sulfone groups is 1. The highest BCUT2D eigenvalue weighted by Gasteiger charge is 2.37. The van der Waals surface area contributed by atoms with Crippen LogP contribution in [0.15, 0.2) is 95.9 Å². The molecule has 3 aromatic rings. The fraction of sp³-hybridized carbons (Fsp3) is 0.269. The Balaban J connectivity index is 1.79. The molecular formula is C26H28O6S. The van der Waals surface area contributed by atoms with Crippen molar-refractivity contribution in [3.05, 3.63) is 102 Å². The summed E-state index contributed by atoms with van der Waals surface area (Å²) in [5.41, 5.74) is 1.85. The molecule has 0 heterocycles. The Kier molecular flexibility index (Phi) is 9.18. The average molecular weight is 469 g/mol. The number of hydrogen-bond donors (Lipinski definition) is 0. The van der Waals surface area contributed by atoms with E-state index in [9.17, 15) is 13.2 Å². The van der Waals surface area contributed by atoms with E-state index in [1.807, 2.05) is 60.7 Å². The lowest BCUT2D eigenvalue weighted by Crippen LogP contribution is -2.43. The Bertz CT molecular complexity index is 1090. The highest BCUT2D eigenvalue weighted by Crippen LogP contribution is 2.22. The van der Waals surface area contributed by atoms with Crippen molar-refractivity contribution in [3.63, 3.8) is 0 Å². The molecule has 0 aliphatic heterocycles. The van der Waals surface area contributed by atoms with Crippen LogP contribution in [-0.2, 0) is 42.1 Å². The second kappa shape index (κ2) is 12.3. The van der Waals surface area contributed by atoms with Gasteiger partial charge in [-0.25, -0.2) is 8.42 Å². The molecule has 3 rings (SSSR count). The lowest BCUT2D eigenvalue weighted by Gasteiger charge is -2.26. The Labute approximate surface area is 195 Å². The SMILES string of the molecule is CC(=O)O[C@H](COCc1ccccc1)[C@@H](COCc1ccccc1)S(=O)(=O)c1ccccc1. The minimum Gasteiger partial charge on any atom is -0.459 e. The third-order valence-electron chi connectivity index (χ3n) is 4.99. The van der Waals surface area contributed by atoms with Gasteiger partial charge in [-0.3, -0.25) is 4.79 Å². The van der Waals surface area contributed by atoms with E-state index in [-0.39, 0.29) is 31.3 Å². The average Bonchev–Trinajstić information content (AvgIpc) is 2.83. The van der Waals surface area contributed by atoms with Gasteiger partial charge in [0.15, 0.2) is 9.84 Å². The standard InChI is InChI=1S/C26H28O6S/c1-21(27)32-25(19-30-17-22-11-5-2-6-12-22)26(20-31-18-23-13-7-3-8-14-23)33(28,29)24-15-9-4-10-16-24/h2-16,25-26H,17-20H2,1H3/t25-,26-/m1/s1. The predicted octanol–water partition coefficient (Wildman–Crippen LogP) is 4.19. The molecule has 0 radical (unpaired) electrons. The van der Waals surface area contributed by atoms with Crippen LogP contribution in [0.4, 0.5) is 0 Å². The van der Waals surface area contributed by atoms with Gasteiger partial charge in [-0.05, 0) is 23.3 Å². The van der Waals surface area contributed by atoms with Crippen LogP contribution in [0, 0.1) is 0 Å². The van der Waals surface area contributed by atoms with E-state index in [1.165, 1.54) is 19.1 Å². The van der Waals surface area contributed by atoms with Crippen LogP contribution in [0.25, 0.3) is 0 Å². The maximum atomic E-state index is 13.5. The van der Waals surface area contributed by atoms with Crippen molar-refractivity contribution >= 4 is 15.8 Å². The number of esters is 1. The monoisotopic (exact) mass is 468 g/mol. The molecule has 0 saturated carbocycles. The first-order valence-electron chi connectivity index (χ1n) is 10.7. The zero-order chi connectivity index (χ0) is 23.5. The second-order valence-corrected chi connectivity index (χ2v) is 9.71. The van der Waals surface area contributed by atoms with Crippen LogP contribution in [0.1, 0.15) is 18.1 Å². The number of ether oxygens (including phenoxy) is 3. The van der Waals surface area contributed by atoms with Crippen molar-refractivity contribution in [1.29, 1.82) is 0 Å². The molecule has 0 amide bonds. The van der Waals surface area contributed by atoms with E-state index in [2.05, 4.69) is 0 Å². The van der Waals surface area contributed by atoms with E-state index < -0.39 is 27.2 Å². The van der Waals surface area contributed by atoms with E-state index in [0.29, 0.717) is 0 Å². The summed E-state index contributed by atoms with van der Waals surface area (Å²) >= 11 is 0. The van der Waals surface area contributed by atoms with Gasteiger partial charge in [-0.1, -0.05) is 78.9 Å². The van der Waals surface area contributed by atoms with Crippen LogP contribution >= 0.6 is 0 Å². The molecule has 0 spiro atoms. The smallest absolute Gasteiger partial charge is 0.303 e. The summed E-state index contributed by atoms with van der Waals surface area (Å²) in [7, 11) is -3.88. The van der Waals surface area contributed by atoms with Crippen molar-refractivity contribution in [2.45, 2.75) is 36.4 Å². The zero-order valence-corrected chi connectivity index (χ0v) is 19.3. The van der Waals surface area contributed by atoms with Gasteiger partial charge in [-0.15, -0.1) is 0 Å². The summed E-state index contributed by atoms with van der Waals surface area (Å²) in [5, 5.41) is -1.14. The van der Waals surface area contributed by atoms with Gasteiger partial charge >= 0.3 is 5.97 Å². The first-order chi connectivity index (χ1) is 16.0. The first-order valence-corrected chi connectivity index (χ1v) is 12.2. The highest BCUT2D eigenvalue weighted by atomic mass is 32.2. The van der Waals surface area contributed by atoms with Crippen molar-refractivity contribution in [1.82, 2.24) is 0 Å². The van der Waals surface area contributed by atoms with Crippen LogP contribution in [-0.4, -0.2) is 39.0 Å². The van der Waals surface area contributed by atoms with Crippen molar-refractivity contribution < 1.29 is 27.4 Å². The van der Waals surface area contributed by atoms with Crippen molar-refractivity contribution in [3.8, 4) is 0 Å². The largest absolute Gasteiger partial charge is 0.459 e. The van der Waals surface area contributed by atoms with E-state index >= 15 is 0 Å². The van der Waals surface area contributed by atoms with E-state index in [0.717, 1.165) is 11.1 Å². The minimum absolute atomic E-state index is 0.0834. The third kappa shape index (κ3) is 7.53. The maximum absolute atomic E-state index is 13.5. The molecule has 3 aromatic carbocycles. The first kappa shape index (κ1) is 24.6. The van der Waals surface area contributed by atoms with Gasteiger partial charge in [0.1, 0.15) is 11.4 Å². The molecule has 0 aliphatic rings. The number of hydrogen-bond acceptors (Lipinski definition) is 6. The molecule has 6 nitrogen and oxygen atoms in total. The lowest BCUT2D eigenvalue weighted by molar-refractivity contribution is -0.150. The summed E-state index contributed by atoms with van der Waals surface area (Å²) in [6.07, 6.45) is -1.04. The van der Waals surface area contributed by atoms with Crippen molar-refractivity contribution in [2.24, 2.45) is 0 Å². The van der Waals surface area contributed by atoms with Gasteiger partial charge in [0.05, 0.1) is 31.3 Å². The molecule has 33 heavy (non-hydrogen) atoms. The van der Waals surface area contributed by atoms with Gasteiger partial charge in [0, 0.05) is 6.92 Å². The fourth-order valence-corrected chi connectivity index (χ4v) is 5.04. The van der Waals surface area contributed by atoms with Crippen LogP contribution in [0.3, 0.4) is 0 Å². The molecule has 2 atom stereocenters. The predicted molar refractivity (Wildman–Crippen MR) is 125 cm³/mol. The van der Waals surface area contributed by atoms with Crippen LogP contribution < -0.4 is 0 Å².